The maximum absolute atomic E-state index is 11.0. The molecule has 1 atom stereocenters. The van der Waals surface area contributed by atoms with Crippen LogP contribution >= 0.6 is 0 Å². The van der Waals surface area contributed by atoms with Crippen LogP contribution in [0.5, 0.6) is 5.75 Å². The fraction of sp³-hybridized carbons (Fsp3) is 0.417. The zero-order valence-electron chi connectivity index (χ0n) is 9.54. The largest absolute Gasteiger partial charge is 0.497 e. The van der Waals surface area contributed by atoms with E-state index >= 15 is 0 Å². The Balaban J connectivity index is 2.12. The first kappa shape index (κ1) is 10.8. The predicted molar refractivity (Wildman–Crippen MR) is 62.8 cm³/mol. The normalized spacial score (nSPS) is 18.2. The first-order valence-corrected chi connectivity index (χ1v) is 5.37. The molecular weight excluding hydrogens is 204 g/mol. The van der Waals surface area contributed by atoms with E-state index in [2.05, 4.69) is 10.6 Å². The van der Waals surface area contributed by atoms with Gasteiger partial charge in [-0.25, -0.2) is 0 Å². The zero-order valence-corrected chi connectivity index (χ0v) is 9.54. The van der Waals surface area contributed by atoms with Crippen LogP contribution in [0.25, 0.3) is 0 Å². The van der Waals surface area contributed by atoms with Crippen molar-refractivity contribution in [2.45, 2.75) is 19.4 Å². The van der Waals surface area contributed by atoms with Crippen molar-refractivity contribution in [1.29, 1.82) is 0 Å². The fourth-order valence-electron chi connectivity index (χ4n) is 1.99. The van der Waals surface area contributed by atoms with Crippen LogP contribution in [0, 0.1) is 0 Å². The van der Waals surface area contributed by atoms with Crippen LogP contribution in [-0.2, 0) is 11.2 Å². The lowest BCUT2D eigenvalue weighted by molar-refractivity contribution is -0.119. The van der Waals surface area contributed by atoms with E-state index in [1.165, 1.54) is 5.56 Å². The number of carbonyl (C=O) groups is 1. The minimum atomic E-state index is 0.0174. The second kappa shape index (κ2) is 4.43. The van der Waals surface area contributed by atoms with E-state index in [1.54, 1.807) is 14.0 Å². The second-order valence-electron chi connectivity index (χ2n) is 4.01. The Kier molecular flexibility index (Phi) is 2.99. The highest BCUT2D eigenvalue weighted by atomic mass is 16.5. The molecule has 86 valence electrons. The van der Waals surface area contributed by atoms with Gasteiger partial charge in [-0.05, 0) is 18.1 Å². The summed E-state index contributed by atoms with van der Waals surface area (Å²) in [7, 11) is 1.66. The summed E-state index contributed by atoms with van der Waals surface area (Å²) >= 11 is 0. The number of rotatable bonds is 2. The van der Waals surface area contributed by atoms with Gasteiger partial charge in [0, 0.05) is 25.2 Å². The number of methoxy groups -OCH3 is 1. The van der Waals surface area contributed by atoms with Gasteiger partial charge in [-0.3, -0.25) is 4.79 Å². The van der Waals surface area contributed by atoms with E-state index in [-0.39, 0.29) is 11.9 Å². The predicted octanol–water partition coefficient (Wildman–Crippen LogP) is 1.17. The Morgan fingerprint density at radius 2 is 2.38 bits per heavy atom. The summed E-state index contributed by atoms with van der Waals surface area (Å²) in [5.41, 5.74) is 2.31. The van der Waals surface area contributed by atoms with Crippen molar-refractivity contribution in [2.75, 3.05) is 19.0 Å². The third kappa shape index (κ3) is 2.27. The number of anilines is 1. The van der Waals surface area contributed by atoms with Crippen molar-refractivity contribution in [3.8, 4) is 5.75 Å². The minimum Gasteiger partial charge on any atom is -0.497 e. The zero-order chi connectivity index (χ0) is 11.5. The number of nitrogens with one attached hydrogen (secondary N) is 2. The Bertz CT molecular complexity index is 404. The van der Waals surface area contributed by atoms with Gasteiger partial charge in [-0.1, -0.05) is 6.07 Å². The van der Waals surface area contributed by atoms with Gasteiger partial charge in [-0.15, -0.1) is 0 Å². The highest BCUT2D eigenvalue weighted by Gasteiger charge is 2.18. The monoisotopic (exact) mass is 220 g/mol. The maximum Gasteiger partial charge on any atom is 0.217 e. The van der Waals surface area contributed by atoms with E-state index in [4.69, 9.17) is 4.74 Å². The molecule has 0 aromatic heterocycles. The minimum absolute atomic E-state index is 0.0174. The highest BCUT2D eigenvalue weighted by Crippen LogP contribution is 2.26. The molecule has 0 saturated carbocycles. The van der Waals surface area contributed by atoms with Crippen LogP contribution in [0.4, 0.5) is 5.69 Å². The SMILES string of the molecule is COc1ccc2c(c1)NC[C@H](NC(C)=O)C2. The Labute approximate surface area is 95.0 Å². The van der Waals surface area contributed by atoms with Crippen LogP contribution in [-0.4, -0.2) is 25.6 Å². The molecule has 4 heteroatoms. The van der Waals surface area contributed by atoms with Crippen LogP contribution in [0.1, 0.15) is 12.5 Å². The molecule has 1 aliphatic heterocycles. The lowest BCUT2D eigenvalue weighted by Gasteiger charge is -2.26. The highest BCUT2D eigenvalue weighted by molar-refractivity contribution is 5.73. The number of hydrogen-bond donors (Lipinski definition) is 2. The van der Waals surface area contributed by atoms with Crippen molar-refractivity contribution in [2.24, 2.45) is 0 Å². The Morgan fingerprint density at radius 3 is 3.06 bits per heavy atom. The number of amides is 1. The first-order chi connectivity index (χ1) is 7.69. The first-order valence-electron chi connectivity index (χ1n) is 5.37. The quantitative estimate of drug-likeness (QED) is 0.786. The van der Waals surface area contributed by atoms with Gasteiger partial charge in [0.25, 0.3) is 0 Å². The van der Waals surface area contributed by atoms with Gasteiger partial charge >= 0.3 is 0 Å². The van der Waals surface area contributed by atoms with Crippen molar-refractivity contribution < 1.29 is 9.53 Å². The van der Waals surface area contributed by atoms with E-state index in [0.29, 0.717) is 0 Å². The van der Waals surface area contributed by atoms with Gasteiger partial charge in [0.1, 0.15) is 5.75 Å². The molecule has 1 aromatic rings. The molecule has 0 saturated heterocycles. The van der Waals surface area contributed by atoms with E-state index in [1.807, 2.05) is 18.2 Å². The molecule has 16 heavy (non-hydrogen) atoms. The molecule has 1 aliphatic rings. The summed E-state index contributed by atoms with van der Waals surface area (Å²) in [6.45, 7) is 2.31. The molecule has 4 nitrogen and oxygen atoms in total. The van der Waals surface area contributed by atoms with Crippen LogP contribution < -0.4 is 15.4 Å². The summed E-state index contributed by atoms with van der Waals surface area (Å²) in [4.78, 5) is 11.0. The van der Waals surface area contributed by atoms with Crippen LogP contribution in [0.3, 0.4) is 0 Å². The van der Waals surface area contributed by atoms with Crippen molar-refractivity contribution >= 4 is 11.6 Å². The summed E-state index contributed by atoms with van der Waals surface area (Å²) in [5, 5.41) is 6.22. The average molecular weight is 220 g/mol. The molecular formula is C12H16N2O2. The molecule has 0 unspecified atom stereocenters. The van der Waals surface area contributed by atoms with Crippen LogP contribution in [0.2, 0.25) is 0 Å². The molecule has 1 aromatic carbocycles. The average Bonchev–Trinajstić information content (AvgIpc) is 2.27. The van der Waals surface area contributed by atoms with Gasteiger partial charge in [0.05, 0.1) is 13.2 Å². The number of fused-ring (bicyclic) bond motifs is 1. The molecule has 0 aliphatic carbocycles. The summed E-state index contributed by atoms with van der Waals surface area (Å²) in [5.74, 6) is 0.869. The second-order valence-corrected chi connectivity index (χ2v) is 4.01. The molecule has 0 spiro atoms. The van der Waals surface area contributed by atoms with Crippen LogP contribution in [0.15, 0.2) is 18.2 Å². The third-order valence-corrected chi connectivity index (χ3v) is 2.73. The van der Waals surface area contributed by atoms with E-state index in [9.17, 15) is 4.79 Å². The smallest absolute Gasteiger partial charge is 0.217 e. The van der Waals surface area contributed by atoms with E-state index in [0.717, 1.165) is 24.4 Å². The fourth-order valence-corrected chi connectivity index (χ4v) is 1.99. The van der Waals surface area contributed by atoms with Crippen molar-refractivity contribution in [3.63, 3.8) is 0 Å². The number of carbonyl (C=O) groups excluding carboxylic acids is 1. The molecule has 1 amide bonds. The third-order valence-electron chi connectivity index (χ3n) is 2.73. The maximum atomic E-state index is 11.0. The standard InChI is InChI=1S/C12H16N2O2/c1-8(15)14-10-5-9-3-4-11(16-2)6-12(9)13-7-10/h3-4,6,10,13H,5,7H2,1-2H3,(H,14,15)/t10-/m1/s1. The lowest BCUT2D eigenvalue weighted by Crippen LogP contribution is -2.42. The summed E-state index contributed by atoms with van der Waals surface area (Å²) in [6.07, 6.45) is 0.867. The van der Waals surface area contributed by atoms with Gasteiger partial charge < -0.3 is 15.4 Å². The summed E-state index contributed by atoms with van der Waals surface area (Å²) in [6, 6.07) is 6.14. The lowest BCUT2D eigenvalue weighted by atomic mass is 9.99. The molecule has 1 heterocycles. The molecule has 0 radical (unpaired) electrons. The van der Waals surface area contributed by atoms with Gasteiger partial charge in [-0.2, -0.15) is 0 Å². The van der Waals surface area contributed by atoms with Gasteiger partial charge in [0.15, 0.2) is 0 Å². The Hall–Kier alpha value is -1.71. The summed E-state index contributed by atoms with van der Waals surface area (Å²) < 4.78 is 5.16. The van der Waals surface area contributed by atoms with Crippen molar-refractivity contribution in [3.05, 3.63) is 23.8 Å². The number of benzene rings is 1. The van der Waals surface area contributed by atoms with Crippen molar-refractivity contribution in [1.82, 2.24) is 5.32 Å². The topological polar surface area (TPSA) is 50.4 Å². The molecule has 2 rings (SSSR count). The molecule has 0 fully saturated rings. The van der Waals surface area contributed by atoms with Gasteiger partial charge in [0.2, 0.25) is 5.91 Å². The van der Waals surface area contributed by atoms with E-state index < -0.39 is 0 Å². The number of ether oxygens (including phenoxy) is 1. The number of hydrogen-bond acceptors (Lipinski definition) is 3. The molecule has 0 bridgehead atoms. The molecule has 2 N–H and O–H groups in total. The Morgan fingerprint density at radius 1 is 1.56 bits per heavy atom.